The van der Waals surface area contributed by atoms with Gasteiger partial charge in [0.2, 0.25) is 0 Å². The molecule has 0 spiro atoms. The zero-order chi connectivity index (χ0) is 16.8. The van der Waals surface area contributed by atoms with E-state index in [1.807, 2.05) is 43.3 Å². The third kappa shape index (κ3) is 4.47. The fourth-order valence-corrected chi connectivity index (χ4v) is 2.09. The Labute approximate surface area is 134 Å². The van der Waals surface area contributed by atoms with Crippen molar-refractivity contribution >= 4 is 28.9 Å². The van der Waals surface area contributed by atoms with Crippen LogP contribution in [0.25, 0.3) is 0 Å². The molecule has 2 aromatic carbocycles. The number of amides is 1. The maximum Gasteiger partial charge on any atom is 0.322 e. The fraction of sp³-hybridized carbons (Fsp3) is 0.176. The monoisotopic (exact) mass is 313 g/mol. The van der Waals surface area contributed by atoms with E-state index in [1.165, 1.54) is 0 Å². The summed E-state index contributed by atoms with van der Waals surface area (Å²) in [6.07, 6.45) is 0. The third-order valence-electron chi connectivity index (χ3n) is 3.21. The van der Waals surface area contributed by atoms with Crippen LogP contribution in [0, 0.1) is 0 Å². The first-order valence-electron chi connectivity index (χ1n) is 7.11. The Bertz CT molecular complexity index is 696. The van der Waals surface area contributed by atoms with Crippen LogP contribution < -0.4 is 15.5 Å². The lowest BCUT2D eigenvalue weighted by Gasteiger charge is -2.18. The number of carbonyl (C=O) groups is 2. The molecule has 23 heavy (non-hydrogen) atoms. The van der Waals surface area contributed by atoms with Gasteiger partial charge in [0.05, 0.1) is 11.4 Å². The van der Waals surface area contributed by atoms with Crippen molar-refractivity contribution in [2.75, 3.05) is 30.9 Å². The summed E-state index contributed by atoms with van der Waals surface area (Å²) in [4.78, 5) is 24.2. The number of nitrogens with one attached hydrogen (secondary N) is 2. The maximum absolute atomic E-state index is 11.8. The lowest BCUT2D eigenvalue weighted by Crippen LogP contribution is -2.29. The van der Waals surface area contributed by atoms with E-state index in [2.05, 4.69) is 10.6 Å². The zero-order valence-electron chi connectivity index (χ0n) is 13.0. The van der Waals surface area contributed by atoms with E-state index in [4.69, 9.17) is 5.11 Å². The van der Waals surface area contributed by atoms with Crippen molar-refractivity contribution in [3.05, 3.63) is 54.1 Å². The number of rotatable bonds is 6. The molecular weight excluding hydrogens is 294 g/mol. The topological polar surface area (TPSA) is 81.7 Å². The predicted octanol–water partition coefficient (Wildman–Crippen LogP) is 2.31. The van der Waals surface area contributed by atoms with Crippen molar-refractivity contribution in [3.8, 4) is 0 Å². The van der Waals surface area contributed by atoms with Crippen molar-refractivity contribution in [2.24, 2.45) is 0 Å². The van der Waals surface area contributed by atoms with Crippen LogP contribution in [0.2, 0.25) is 0 Å². The van der Waals surface area contributed by atoms with Gasteiger partial charge in [-0.3, -0.25) is 9.59 Å². The summed E-state index contributed by atoms with van der Waals surface area (Å²) in [6, 6.07) is 14.8. The van der Waals surface area contributed by atoms with E-state index in [0.717, 1.165) is 17.1 Å². The summed E-state index contributed by atoms with van der Waals surface area (Å²) >= 11 is 0. The fourth-order valence-electron chi connectivity index (χ4n) is 2.09. The van der Waals surface area contributed by atoms with Crippen molar-refractivity contribution in [1.29, 1.82) is 0 Å². The van der Waals surface area contributed by atoms with Crippen LogP contribution in [0.15, 0.2) is 48.5 Å². The highest BCUT2D eigenvalue weighted by Crippen LogP contribution is 2.27. The first kappa shape index (κ1) is 16.4. The molecule has 0 aliphatic rings. The van der Waals surface area contributed by atoms with Crippen LogP contribution in [-0.2, 0) is 4.79 Å². The van der Waals surface area contributed by atoms with Gasteiger partial charge in [0.1, 0.15) is 6.54 Å². The average Bonchev–Trinajstić information content (AvgIpc) is 2.53. The van der Waals surface area contributed by atoms with E-state index in [-0.39, 0.29) is 0 Å². The molecule has 1 amide bonds. The summed E-state index contributed by atoms with van der Waals surface area (Å²) < 4.78 is 0. The first-order chi connectivity index (χ1) is 11.0. The quantitative estimate of drug-likeness (QED) is 0.762. The van der Waals surface area contributed by atoms with Crippen LogP contribution in [-0.4, -0.2) is 37.6 Å². The Balaban J connectivity index is 2.09. The molecule has 0 aliphatic carbocycles. The highest BCUT2D eigenvalue weighted by molar-refractivity contribution is 5.96. The van der Waals surface area contributed by atoms with Gasteiger partial charge in [-0.25, -0.2) is 0 Å². The zero-order valence-corrected chi connectivity index (χ0v) is 13.0. The molecule has 120 valence electrons. The van der Waals surface area contributed by atoms with E-state index in [9.17, 15) is 9.59 Å². The summed E-state index contributed by atoms with van der Waals surface area (Å²) in [5.41, 5.74) is 3.27. The molecule has 0 radical (unpaired) electrons. The van der Waals surface area contributed by atoms with Gasteiger partial charge in [-0.15, -0.1) is 0 Å². The molecule has 0 fully saturated rings. The molecule has 0 aromatic heterocycles. The molecule has 6 nitrogen and oxygen atoms in total. The van der Waals surface area contributed by atoms with E-state index < -0.39 is 18.4 Å². The molecule has 0 aliphatic heterocycles. The molecule has 3 N–H and O–H groups in total. The summed E-state index contributed by atoms with van der Waals surface area (Å²) in [5, 5.41) is 14.2. The van der Waals surface area contributed by atoms with Gasteiger partial charge in [0, 0.05) is 25.3 Å². The number of para-hydroxylation sites is 2. The van der Waals surface area contributed by atoms with Gasteiger partial charge in [0.25, 0.3) is 5.91 Å². The second-order valence-electron chi connectivity index (χ2n) is 5.19. The summed E-state index contributed by atoms with van der Waals surface area (Å²) in [6.45, 7) is -0.394. The van der Waals surface area contributed by atoms with E-state index >= 15 is 0 Å². The van der Waals surface area contributed by atoms with E-state index in [0.29, 0.717) is 5.56 Å². The minimum absolute atomic E-state index is 0.394. The molecule has 0 saturated heterocycles. The molecule has 2 aromatic rings. The van der Waals surface area contributed by atoms with Gasteiger partial charge in [-0.1, -0.05) is 12.1 Å². The third-order valence-corrected chi connectivity index (χ3v) is 3.21. The number of benzene rings is 2. The maximum atomic E-state index is 11.8. The van der Waals surface area contributed by atoms with Gasteiger partial charge in [-0.2, -0.15) is 0 Å². The summed E-state index contributed by atoms with van der Waals surface area (Å²) in [5.74, 6) is -1.48. The number of carboxylic acid groups (broad SMARTS) is 1. The molecule has 0 atom stereocenters. The second kappa shape index (κ2) is 7.31. The Hall–Kier alpha value is -3.02. The van der Waals surface area contributed by atoms with Crippen molar-refractivity contribution in [2.45, 2.75) is 0 Å². The van der Waals surface area contributed by atoms with Crippen LogP contribution in [0.4, 0.5) is 17.1 Å². The van der Waals surface area contributed by atoms with Crippen molar-refractivity contribution < 1.29 is 14.7 Å². The number of anilines is 3. The molecule has 0 bridgehead atoms. The number of hydrogen-bond acceptors (Lipinski definition) is 4. The Kier molecular flexibility index (Phi) is 5.19. The largest absolute Gasteiger partial charge is 0.480 e. The van der Waals surface area contributed by atoms with Gasteiger partial charge in [-0.05, 0) is 36.4 Å². The molecule has 0 saturated carbocycles. The average molecular weight is 313 g/mol. The normalized spacial score (nSPS) is 10.0. The number of aliphatic carboxylic acids is 1. The number of hydrogen-bond donors (Lipinski definition) is 3. The minimum Gasteiger partial charge on any atom is -0.480 e. The molecule has 0 unspecified atom stereocenters. The predicted molar refractivity (Wildman–Crippen MR) is 90.5 cm³/mol. The second-order valence-corrected chi connectivity index (χ2v) is 5.19. The molecule has 0 heterocycles. The number of carboxylic acids is 1. The SMILES string of the molecule is CN(C)c1ccccc1Nc1ccc(C(=O)NCC(=O)O)cc1. The van der Waals surface area contributed by atoms with Crippen LogP contribution in [0.5, 0.6) is 0 Å². The van der Waals surface area contributed by atoms with Crippen molar-refractivity contribution in [1.82, 2.24) is 5.32 Å². The lowest BCUT2D eigenvalue weighted by molar-refractivity contribution is -0.135. The van der Waals surface area contributed by atoms with Crippen LogP contribution in [0.1, 0.15) is 10.4 Å². The Morgan fingerprint density at radius 3 is 2.30 bits per heavy atom. The summed E-state index contributed by atoms with van der Waals surface area (Å²) in [7, 11) is 3.94. The number of nitrogens with zero attached hydrogens (tertiary/aromatic N) is 1. The lowest BCUT2D eigenvalue weighted by atomic mass is 10.2. The smallest absolute Gasteiger partial charge is 0.322 e. The standard InChI is InChI=1S/C17H19N3O3/c1-20(2)15-6-4-3-5-14(15)19-13-9-7-12(8-10-13)17(23)18-11-16(21)22/h3-10,19H,11H2,1-2H3,(H,18,23)(H,21,22). The highest BCUT2D eigenvalue weighted by atomic mass is 16.4. The molecule has 6 heteroatoms. The first-order valence-corrected chi connectivity index (χ1v) is 7.11. The van der Waals surface area contributed by atoms with E-state index in [1.54, 1.807) is 24.3 Å². The van der Waals surface area contributed by atoms with Gasteiger partial charge in [0.15, 0.2) is 0 Å². The molecule has 2 rings (SSSR count). The Morgan fingerprint density at radius 1 is 1.04 bits per heavy atom. The van der Waals surface area contributed by atoms with Crippen LogP contribution in [0.3, 0.4) is 0 Å². The highest BCUT2D eigenvalue weighted by Gasteiger charge is 2.08. The van der Waals surface area contributed by atoms with Crippen molar-refractivity contribution in [3.63, 3.8) is 0 Å². The van der Waals surface area contributed by atoms with Gasteiger partial charge < -0.3 is 20.6 Å². The van der Waals surface area contributed by atoms with Gasteiger partial charge >= 0.3 is 5.97 Å². The number of carbonyl (C=O) groups excluding carboxylic acids is 1. The Morgan fingerprint density at radius 2 is 1.70 bits per heavy atom. The molecular formula is C17H19N3O3. The minimum atomic E-state index is -1.07. The van der Waals surface area contributed by atoms with Crippen LogP contribution >= 0.6 is 0 Å².